The molecule has 2 atom stereocenters. The molecular weight excluding hydrogens is 260 g/mol. The molecule has 3 nitrogen and oxygen atoms in total. The van der Waals surface area contributed by atoms with Gasteiger partial charge in [-0.3, -0.25) is 4.90 Å². The summed E-state index contributed by atoms with van der Waals surface area (Å²) < 4.78 is 6.24. The molecular formula is C18H34N2O. The quantitative estimate of drug-likeness (QED) is 0.843. The van der Waals surface area contributed by atoms with E-state index in [1.165, 1.54) is 71.0 Å². The van der Waals surface area contributed by atoms with Crippen LogP contribution in [0.25, 0.3) is 0 Å². The third kappa shape index (κ3) is 4.00. The Labute approximate surface area is 130 Å². The van der Waals surface area contributed by atoms with Crippen LogP contribution in [0.4, 0.5) is 0 Å². The van der Waals surface area contributed by atoms with E-state index in [0.29, 0.717) is 0 Å². The highest BCUT2D eigenvalue weighted by molar-refractivity contribution is 4.95. The Balaban J connectivity index is 1.63. The van der Waals surface area contributed by atoms with Gasteiger partial charge in [-0.25, -0.2) is 0 Å². The minimum Gasteiger partial charge on any atom is -0.375 e. The highest BCUT2D eigenvalue weighted by atomic mass is 16.5. The Bertz CT molecular complexity index is 319. The fourth-order valence-corrected chi connectivity index (χ4v) is 4.72. The van der Waals surface area contributed by atoms with Gasteiger partial charge in [-0.2, -0.15) is 0 Å². The summed E-state index contributed by atoms with van der Waals surface area (Å²) in [5, 5.41) is 3.69. The van der Waals surface area contributed by atoms with E-state index < -0.39 is 0 Å². The highest BCUT2D eigenvalue weighted by Crippen LogP contribution is 2.41. The van der Waals surface area contributed by atoms with Gasteiger partial charge in [0.1, 0.15) is 0 Å². The second kappa shape index (κ2) is 6.97. The molecule has 2 unspecified atom stereocenters. The first-order valence-corrected chi connectivity index (χ1v) is 9.28. The molecule has 1 spiro atoms. The molecule has 0 aromatic rings. The summed E-state index contributed by atoms with van der Waals surface area (Å²) in [5.41, 5.74) is 0.251. The molecule has 0 radical (unpaired) electrons. The van der Waals surface area contributed by atoms with E-state index in [1.807, 2.05) is 0 Å². The number of nitrogens with one attached hydrogen (secondary N) is 1. The Morgan fingerprint density at radius 1 is 1.19 bits per heavy atom. The number of hydrogen-bond acceptors (Lipinski definition) is 3. The lowest BCUT2D eigenvalue weighted by atomic mass is 9.87. The molecule has 3 fully saturated rings. The number of nitrogens with zero attached hydrogens (tertiary/aromatic N) is 1. The largest absolute Gasteiger partial charge is 0.375 e. The van der Waals surface area contributed by atoms with Gasteiger partial charge in [-0.15, -0.1) is 0 Å². The third-order valence-electron chi connectivity index (χ3n) is 5.72. The van der Waals surface area contributed by atoms with Gasteiger partial charge in [-0.05, 0) is 51.0 Å². The predicted molar refractivity (Wildman–Crippen MR) is 87.6 cm³/mol. The van der Waals surface area contributed by atoms with Crippen molar-refractivity contribution in [2.75, 3.05) is 26.2 Å². The average Bonchev–Trinajstić information content (AvgIpc) is 3.10. The molecule has 1 saturated carbocycles. The van der Waals surface area contributed by atoms with Gasteiger partial charge in [0.25, 0.3) is 0 Å². The Hall–Kier alpha value is -0.120. The lowest BCUT2D eigenvalue weighted by Gasteiger charge is -2.44. The van der Waals surface area contributed by atoms with Crippen LogP contribution >= 0.6 is 0 Å². The van der Waals surface area contributed by atoms with E-state index in [1.54, 1.807) is 0 Å². The number of hydrogen-bond donors (Lipinski definition) is 1. The van der Waals surface area contributed by atoms with Crippen LogP contribution in [0.5, 0.6) is 0 Å². The van der Waals surface area contributed by atoms with Gasteiger partial charge < -0.3 is 10.1 Å². The van der Waals surface area contributed by atoms with E-state index in [9.17, 15) is 0 Å². The minimum absolute atomic E-state index is 0.251. The summed E-state index contributed by atoms with van der Waals surface area (Å²) in [7, 11) is 0. The van der Waals surface area contributed by atoms with Gasteiger partial charge in [0.2, 0.25) is 0 Å². The van der Waals surface area contributed by atoms with E-state index >= 15 is 0 Å². The Morgan fingerprint density at radius 3 is 2.67 bits per heavy atom. The molecule has 122 valence electrons. The summed E-state index contributed by atoms with van der Waals surface area (Å²) in [6.07, 6.45) is 10.6. The predicted octanol–water partition coefficient (Wildman–Crippen LogP) is 3.19. The van der Waals surface area contributed by atoms with Crippen molar-refractivity contribution in [3.05, 3.63) is 0 Å². The van der Waals surface area contributed by atoms with Crippen LogP contribution < -0.4 is 5.32 Å². The SMILES string of the molecule is CC(C)CN(CC1CCCN1)C1CCOC2(CCCC2)C1. The maximum absolute atomic E-state index is 6.24. The van der Waals surface area contributed by atoms with E-state index in [-0.39, 0.29) is 5.60 Å². The average molecular weight is 294 g/mol. The maximum atomic E-state index is 6.24. The molecule has 2 aliphatic heterocycles. The van der Waals surface area contributed by atoms with Crippen molar-refractivity contribution in [1.82, 2.24) is 10.2 Å². The van der Waals surface area contributed by atoms with Crippen molar-refractivity contribution in [2.24, 2.45) is 5.92 Å². The van der Waals surface area contributed by atoms with Crippen LogP contribution in [-0.2, 0) is 4.74 Å². The summed E-state index contributed by atoms with van der Waals surface area (Å²) in [4.78, 5) is 2.80. The van der Waals surface area contributed by atoms with Crippen LogP contribution in [0.3, 0.4) is 0 Å². The van der Waals surface area contributed by atoms with Crippen molar-refractivity contribution in [3.63, 3.8) is 0 Å². The van der Waals surface area contributed by atoms with Gasteiger partial charge >= 0.3 is 0 Å². The summed E-state index contributed by atoms with van der Waals surface area (Å²) in [6.45, 7) is 9.42. The van der Waals surface area contributed by atoms with Crippen LogP contribution in [0.2, 0.25) is 0 Å². The second-order valence-electron chi connectivity index (χ2n) is 8.03. The Kier molecular flexibility index (Phi) is 5.23. The van der Waals surface area contributed by atoms with Crippen LogP contribution in [-0.4, -0.2) is 48.8 Å². The normalized spacial score (nSPS) is 32.6. The van der Waals surface area contributed by atoms with Crippen molar-refractivity contribution in [1.29, 1.82) is 0 Å². The zero-order valence-electron chi connectivity index (χ0n) is 14.1. The molecule has 0 aromatic heterocycles. The Morgan fingerprint density at radius 2 is 2.00 bits per heavy atom. The lowest BCUT2D eigenvalue weighted by Crippen LogP contribution is -2.51. The molecule has 21 heavy (non-hydrogen) atoms. The molecule has 3 aliphatic rings. The molecule has 0 amide bonds. The standard InChI is InChI=1S/C18H34N2O/c1-15(2)13-20(14-16-6-5-10-19-16)17-7-11-21-18(12-17)8-3-4-9-18/h15-17,19H,3-14H2,1-2H3. The molecule has 0 bridgehead atoms. The summed E-state index contributed by atoms with van der Waals surface area (Å²) in [6, 6.07) is 1.48. The smallest absolute Gasteiger partial charge is 0.0697 e. The first kappa shape index (κ1) is 15.8. The van der Waals surface area contributed by atoms with Crippen molar-refractivity contribution < 1.29 is 4.74 Å². The zero-order chi connectivity index (χ0) is 14.7. The van der Waals surface area contributed by atoms with Gasteiger partial charge in [0, 0.05) is 31.8 Å². The van der Waals surface area contributed by atoms with Crippen molar-refractivity contribution >= 4 is 0 Å². The first-order valence-electron chi connectivity index (χ1n) is 9.28. The van der Waals surface area contributed by atoms with E-state index in [4.69, 9.17) is 4.74 Å². The number of ether oxygens (including phenoxy) is 1. The van der Waals surface area contributed by atoms with E-state index in [0.717, 1.165) is 24.6 Å². The van der Waals surface area contributed by atoms with E-state index in [2.05, 4.69) is 24.1 Å². The maximum Gasteiger partial charge on any atom is 0.0697 e. The molecule has 3 rings (SSSR count). The molecule has 2 heterocycles. The molecule has 2 saturated heterocycles. The summed E-state index contributed by atoms with van der Waals surface area (Å²) >= 11 is 0. The van der Waals surface area contributed by atoms with Gasteiger partial charge in [0.15, 0.2) is 0 Å². The lowest BCUT2D eigenvalue weighted by molar-refractivity contribution is -0.103. The third-order valence-corrected chi connectivity index (χ3v) is 5.72. The molecule has 3 heteroatoms. The fraction of sp³-hybridized carbons (Fsp3) is 1.00. The topological polar surface area (TPSA) is 24.5 Å². The van der Waals surface area contributed by atoms with Crippen LogP contribution in [0.15, 0.2) is 0 Å². The minimum atomic E-state index is 0.251. The second-order valence-corrected chi connectivity index (χ2v) is 8.03. The zero-order valence-corrected chi connectivity index (χ0v) is 14.1. The molecule has 1 N–H and O–H groups in total. The highest BCUT2D eigenvalue weighted by Gasteiger charge is 2.41. The van der Waals surface area contributed by atoms with Crippen molar-refractivity contribution in [3.8, 4) is 0 Å². The first-order chi connectivity index (χ1) is 10.2. The fourth-order valence-electron chi connectivity index (χ4n) is 4.72. The molecule has 0 aromatic carbocycles. The van der Waals surface area contributed by atoms with Gasteiger partial charge in [-0.1, -0.05) is 26.7 Å². The van der Waals surface area contributed by atoms with Crippen LogP contribution in [0, 0.1) is 5.92 Å². The van der Waals surface area contributed by atoms with Crippen molar-refractivity contribution in [2.45, 2.75) is 82.9 Å². The molecule has 1 aliphatic carbocycles. The van der Waals surface area contributed by atoms with Crippen LogP contribution in [0.1, 0.15) is 65.2 Å². The van der Waals surface area contributed by atoms with Gasteiger partial charge in [0.05, 0.1) is 5.60 Å². The number of rotatable bonds is 5. The summed E-state index contributed by atoms with van der Waals surface area (Å²) in [5.74, 6) is 0.758. The monoisotopic (exact) mass is 294 g/mol.